The molecule has 0 fully saturated rings. The van der Waals surface area contributed by atoms with Crippen molar-refractivity contribution in [3.63, 3.8) is 0 Å². The third kappa shape index (κ3) is 2.32. The van der Waals surface area contributed by atoms with Gasteiger partial charge in [0.05, 0.1) is 17.6 Å². The SMILES string of the molecule is NCCn1c(NCc2ccc[nH]2)nc2ccccc21. The maximum atomic E-state index is 5.69. The maximum Gasteiger partial charge on any atom is 0.204 e. The molecule has 1 aromatic carbocycles. The summed E-state index contributed by atoms with van der Waals surface area (Å²) in [7, 11) is 0. The summed E-state index contributed by atoms with van der Waals surface area (Å²) in [5.41, 5.74) is 8.92. The third-order valence-corrected chi connectivity index (χ3v) is 3.11. The van der Waals surface area contributed by atoms with Crippen molar-refractivity contribution in [1.82, 2.24) is 14.5 Å². The zero-order chi connectivity index (χ0) is 13.1. The van der Waals surface area contributed by atoms with E-state index in [1.165, 1.54) is 0 Å². The van der Waals surface area contributed by atoms with Crippen molar-refractivity contribution in [2.75, 3.05) is 11.9 Å². The number of rotatable bonds is 5. The van der Waals surface area contributed by atoms with Crippen molar-refractivity contribution < 1.29 is 0 Å². The Balaban J connectivity index is 1.90. The lowest BCUT2D eigenvalue weighted by atomic mass is 10.3. The van der Waals surface area contributed by atoms with E-state index < -0.39 is 0 Å². The molecule has 0 unspecified atom stereocenters. The molecule has 0 spiro atoms. The standard InChI is InChI=1S/C14H17N5/c15-7-9-19-13-6-2-1-5-12(13)18-14(19)17-10-11-4-3-8-16-11/h1-6,8,16H,7,9-10,15H2,(H,17,18). The number of imidazole rings is 1. The monoisotopic (exact) mass is 255 g/mol. The number of hydrogen-bond acceptors (Lipinski definition) is 3. The highest BCUT2D eigenvalue weighted by atomic mass is 15.2. The van der Waals surface area contributed by atoms with E-state index >= 15 is 0 Å². The summed E-state index contributed by atoms with van der Waals surface area (Å²) in [6, 6.07) is 12.1. The van der Waals surface area contributed by atoms with Crippen LogP contribution in [0.3, 0.4) is 0 Å². The van der Waals surface area contributed by atoms with Crippen LogP contribution in [0.4, 0.5) is 5.95 Å². The number of benzene rings is 1. The number of para-hydroxylation sites is 2. The number of H-pyrrole nitrogens is 1. The van der Waals surface area contributed by atoms with Gasteiger partial charge in [-0.25, -0.2) is 4.98 Å². The fourth-order valence-corrected chi connectivity index (χ4v) is 2.22. The number of nitrogens with one attached hydrogen (secondary N) is 2. The molecule has 0 radical (unpaired) electrons. The molecule has 2 heterocycles. The topological polar surface area (TPSA) is 71.7 Å². The first-order valence-corrected chi connectivity index (χ1v) is 6.40. The smallest absolute Gasteiger partial charge is 0.204 e. The molecule has 2 aromatic heterocycles. The van der Waals surface area contributed by atoms with E-state index in [2.05, 4.69) is 25.9 Å². The van der Waals surface area contributed by atoms with Crippen LogP contribution < -0.4 is 11.1 Å². The Hall–Kier alpha value is -2.27. The molecule has 19 heavy (non-hydrogen) atoms. The molecule has 0 atom stereocenters. The van der Waals surface area contributed by atoms with E-state index in [1.807, 2.05) is 36.5 Å². The van der Waals surface area contributed by atoms with Crippen LogP contribution >= 0.6 is 0 Å². The largest absolute Gasteiger partial charge is 0.364 e. The van der Waals surface area contributed by atoms with Crippen molar-refractivity contribution in [2.45, 2.75) is 13.1 Å². The molecule has 3 rings (SSSR count). The van der Waals surface area contributed by atoms with Gasteiger partial charge in [-0.05, 0) is 24.3 Å². The molecule has 0 aliphatic carbocycles. The summed E-state index contributed by atoms with van der Waals surface area (Å²) in [5.74, 6) is 0.862. The first-order chi connectivity index (χ1) is 9.38. The van der Waals surface area contributed by atoms with E-state index in [0.717, 1.165) is 35.8 Å². The second-order valence-corrected chi connectivity index (χ2v) is 4.41. The molecular weight excluding hydrogens is 238 g/mol. The fourth-order valence-electron chi connectivity index (χ4n) is 2.22. The summed E-state index contributed by atoms with van der Waals surface area (Å²) in [6.07, 6.45) is 1.92. The van der Waals surface area contributed by atoms with Gasteiger partial charge >= 0.3 is 0 Å². The van der Waals surface area contributed by atoms with Gasteiger partial charge in [0.2, 0.25) is 5.95 Å². The quantitative estimate of drug-likeness (QED) is 0.652. The summed E-state index contributed by atoms with van der Waals surface area (Å²) in [6.45, 7) is 2.08. The first-order valence-electron chi connectivity index (χ1n) is 6.40. The molecule has 3 aromatic rings. The minimum absolute atomic E-state index is 0.595. The minimum Gasteiger partial charge on any atom is -0.364 e. The zero-order valence-electron chi connectivity index (χ0n) is 10.6. The van der Waals surface area contributed by atoms with Crippen molar-refractivity contribution >= 4 is 17.0 Å². The predicted octanol–water partition coefficient (Wildman–Crippen LogP) is 1.94. The van der Waals surface area contributed by atoms with Crippen LogP contribution in [0.25, 0.3) is 11.0 Å². The van der Waals surface area contributed by atoms with Gasteiger partial charge in [0.15, 0.2) is 0 Å². The molecule has 0 bridgehead atoms. The normalized spacial score (nSPS) is 11.0. The Bertz CT molecular complexity index is 654. The molecule has 0 saturated heterocycles. The molecule has 0 amide bonds. The fraction of sp³-hybridized carbons (Fsp3) is 0.214. The lowest BCUT2D eigenvalue weighted by Crippen LogP contribution is -2.13. The van der Waals surface area contributed by atoms with Gasteiger partial charge in [0.1, 0.15) is 0 Å². The highest BCUT2D eigenvalue weighted by Gasteiger charge is 2.09. The Kier molecular flexibility index (Phi) is 3.20. The average molecular weight is 255 g/mol. The van der Waals surface area contributed by atoms with E-state index in [4.69, 9.17) is 5.73 Å². The zero-order valence-corrected chi connectivity index (χ0v) is 10.6. The van der Waals surface area contributed by atoms with Crippen molar-refractivity contribution in [2.24, 2.45) is 5.73 Å². The molecule has 4 N–H and O–H groups in total. The third-order valence-electron chi connectivity index (χ3n) is 3.11. The van der Waals surface area contributed by atoms with Crippen LogP contribution in [0.2, 0.25) is 0 Å². The molecule has 5 nitrogen and oxygen atoms in total. The maximum absolute atomic E-state index is 5.69. The Morgan fingerprint density at radius 3 is 2.89 bits per heavy atom. The van der Waals surface area contributed by atoms with Crippen LogP contribution in [-0.4, -0.2) is 21.1 Å². The number of anilines is 1. The van der Waals surface area contributed by atoms with E-state index in [-0.39, 0.29) is 0 Å². The van der Waals surface area contributed by atoms with E-state index in [0.29, 0.717) is 6.54 Å². The number of nitrogens with two attached hydrogens (primary N) is 1. The van der Waals surface area contributed by atoms with Crippen molar-refractivity contribution in [1.29, 1.82) is 0 Å². The summed E-state index contributed by atoms with van der Waals surface area (Å²) >= 11 is 0. The molecule has 5 heteroatoms. The van der Waals surface area contributed by atoms with Crippen molar-refractivity contribution in [3.05, 3.63) is 48.3 Å². The summed E-state index contributed by atoms with van der Waals surface area (Å²) in [4.78, 5) is 7.78. The number of aromatic amines is 1. The van der Waals surface area contributed by atoms with Crippen LogP contribution in [0.1, 0.15) is 5.69 Å². The Morgan fingerprint density at radius 1 is 1.21 bits per heavy atom. The second kappa shape index (κ2) is 5.16. The lowest BCUT2D eigenvalue weighted by molar-refractivity contribution is 0.730. The predicted molar refractivity (Wildman–Crippen MR) is 76.9 cm³/mol. The number of hydrogen-bond donors (Lipinski definition) is 3. The van der Waals surface area contributed by atoms with Crippen molar-refractivity contribution in [3.8, 4) is 0 Å². The Morgan fingerprint density at radius 2 is 2.11 bits per heavy atom. The highest BCUT2D eigenvalue weighted by molar-refractivity contribution is 5.78. The Labute approximate surface area is 111 Å². The van der Waals surface area contributed by atoms with Gasteiger partial charge in [0.25, 0.3) is 0 Å². The highest BCUT2D eigenvalue weighted by Crippen LogP contribution is 2.19. The van der Waals surface area contributed by atoms with Gasteiger partial charge in [-0.1, -0.05) is 12.1 Å². The number of fused-ring (bicyclic) bond motifs is 1. The molecule has 0 aliphatic heterocycles. The van der Waals surface area contributed by atoms with Gasteiger partial charge < -0.3 is 20.6 Å². The van der Waals surface area contributed by atoms with Gasteiger partial charge in [0, 0.05) is 25.0 Å². The number of nitrogens with zero attached hydrogens (tertiary/aromatic N) is 2. The summed E-state index contributed by atoms with van der Waals surface area (Å²) in [5, 5.41) is 3.35. The molecular formula is C14H17N5. The van der Waals surface area contributed by atoms with Crippen LogP contribution in [0.5, 0.6) is 0 Å². The molecule has 0 saturated carbocycles. The van der Waals surface area contributed by atoms with Gasteiger partial charge in [-0.3, -0.25) is 0 Å². The van der Waals surface area contributed by atoms with E-state index in [9.17, 15) is 0 Å². The second-order valence-electron chi connectivity index (χ2n) is 4.41. The van der Waals surface area contributed by atoms with Crippen LogP contribution in [-0.2, 0) is 13.1 Å². The average Bonchev–Trinajstić information content (AvgIpc) is 3.05. The van der Waals surface area contributed by atoms with Gasteiger partial charge in [-0.2, -0.15) is 0 Å². The minimum atomic E-state index is 0.595. The lowest BCUT2D eigenvalue weighted by Gasteiger charge is -2.08. The van der Waals surface area contributed by atoms with Crippen LogP contribution in [0, 0.1) is 0 Å². The number of aromatic nitrogens is 3. The molecule has 0 aliphatic rings. The first kappa shape index (κ1) is 11.8. The van der Waals surface area contributed by atoms with E-state index in [1.54, 1.807) is 0 Å². The van der Waals surface area contributed by atoms with Crippen LogP contribution in [0.15, 0.2) is 42.6 Å². The molecule has 98 valence electrons. The summed E-state index contributed by atoms with van der Waals surface area (Å²) < 4.78 is 2.12. The van der Waals surface area contributed by atoms with Gasteiger partial charge in [-0.15, -0.1) is 0 Å².